The lowest BCUT2D eigenvalue weighted by molar-refractivity contribution is -0.205. The average molecular weight is 445 g/mol. The van der Waals surface area contributed by atoms with E-state index in [1.165, 1.54) is 19.3 Å². The van der Waals surface area contributed by atoms with Crippen LogP contribution in [-0.4, -0.2) is 34.0 Å². The van der Waals surface area contributed by atoms with Gasteiger partial charge in [-0.3, -0.25) is 4.79 Å². The zero-order valence-electron chi connectivity index (χ0n) is 19.4. The van der Waals surface area contributed by atoms with Crippen LogP contribution >= 0.6 is 0 Å². The highest BCUT2D eigenvalue weighted by atomic mass is 16.5. The average Bonchev–Trinajstić information content (AvgIpc) is 2.95. The van der Waals surface area contributed by atoms with Gasteiger partial charge in [0, 0.05) is 30.7 Å². The second-order valence-corrected chi connectivity index (χ2v) is 11.5. The minimum absolute atomic E-state index is 0.133. The van der Waals surface area contributed by atoms with E-state index in [2.05, 4.69) is 13.8 Å². The highest BCUT2D eigenvalue weighted by molar-refractivity contribution is 5.66. The molecule has 0 aliphatic heterocycles. The molecule has 4 saturated carbocycles. The summed E-state index contributed by atoms with van der Waals surface area (Å²) in [5, 5.41) is 22.7. The minimum atomic E-state index is -0.957. The molecular weight excluding hydrogens is 408 g/mol. The number of hydrogen-bond acceptors (Lipinski definition) is 6. The Labute approximate surface area is 189 Å². The van der Waals surface area contributed by atoms with Gasteiger partial charge in [0.1, 0.15) is 6.10 Å². The number of carbonyl (C=O) groups excluding carboxylic acids is 1. The maximum Gasteiger partial charge on any atom is 0.335 e. The van der Waals surface area contributed by atoms with Crippen LogP contribution in [0.25, 0.3) is 0 Å². The van der Waals surface area contributed by atoms with Crippen molar-refractivity contribution in [2.24, 2.45) is 28.6 Å². The molecule has 2 N–H and O–H groups in total. The van der Waals surface area contributed by atoms with Gasteiger partial charge < -0.3 is 19.4 Å². The molecule has 6 heteroatoms. The summed E-state index contributed by atoms with van der Waals surface area (Å²) in [5.74, 6) is 0.469. The number of hydrogen-bond donors (Lipinski definition) is 2. The van der Waals surface area contributed by atoms with Crippen LogP contribution in [0.3, 0.4) is 0 Å². The standard InChI is InChI=1S/C26H36O6/c1-15(27)32-21-13-26(30)20-6-5-17-12-18(28)8-10-24(17,2)19(20)9-11-25(26,3)23(21)16-4-7-22(29)31-14-16/h4,7,14,17-21,23,28,30H,5-6,8-13H2,1-3H3/t17-,18-,19+,20+,21-,23+,24+,25-,26+/m0/s1. The molecule has 0 unspecified atom stereocenters. The van der Waals surface area contributed by atoms with Crippen LogP contribution in [0, 0.1) is 28.6 Å². The van der Waals surface area contributed by atoms with E-state index >= 15 is 0 Å². The molecule has 0 bridgehead atoms. The molecule has 0 radical (unpaired) electrons. The van der Waals surface area contributed by atoms with Crippen molar-refractivity contribution in [3.8, 4) is 0 Å². The third-order valence-electron chi connectivity index (χ3n) is 10.2. The number of aliphatic hydroxyl groups excluding tert-OH is 1. The van der Waals surface area contributed by atoms with Gasteiger partial charge in [0.2, 0.25) is 0 Å². The number of carbonyl (C=O) groups is 1. The van der Waals surface area contributed by atoms with Gasteiger partial charge in [0.15, 0.2) is 0 Å². The van der Waals surface area contributed by atoms with Crippen LogP contribution in [0.15, 0.2) is 27.6 Å². The first-order valence-electron chi connectivity index (χ1n) is 12.2. The van der Waals surface area contributed by atoms with E-state index in [9.17, 15) is 19.8 Å². The van der Waals surface area contributed by atoms with Crippen LogP contribution in [0.2, 0.25) is 0 Å². The molecule has 32 heavy (non-hydrogen) atoms. The van der Waals surface area contributed by atoms with Crippen LogP contribution in [0.1, 0.15) is 83.6 Å². The maximum absolute atomic E-state index is 12.5. The van der Waals surface area contributed by atoms with Gasteiger partial charge in [-0.1, -0.05) is 13.8 Å². The van der Waals surface area contributed by atoms with Gasteiger partial charge in [0.05, 0.1) is 18.0 Å². The summed E-state index contributed by atoms with van der Waals surface area (Å²) in [6, 6.07) is 3.17. The lowest BCUT2D eigenvalue weighted by atomic mass is 9.43. The lowest BCUT2D eigenvalue weighted by Crippen LogP contribution is -2.62. The molecule has 4 fully saturated rings. The molecule has 1 heterocycles. The van der Waals surface area contributed by atoms with Crippen LogP contribution in [0.4, 0.5) is 0 Å². The summed E-state index contributed by atoms with van der Waals surface area (Å²) in [4.78, 5) is 23.6. The minimum Gasteiger partial charge on any atom is -0.462 e. The van der Waals surface area contributed by atoms with Crippen molar-refractivity contribution in [1.82, 2.24) is 0 Å². The first kappa shape index (κ1) is 22.1. The Balaban J connectivity index is 1.55. The number of ether oxygens (including phenoxy) is 1. The van der Waals surface area contributed by atoms with E-state index in [-0.39, 0.29) is 29.3 Å². The van der Waals surface area contributed by atoms with Gasteiger partial charge in [0.25, 0.3) is 0 Å². The smallest absolute Gasteiger partial charge is 0.335 e. The Morgan fingerprint density at radius 2 is 1.91 bits per heavy atom. The third-order valence-corrected chi connectivity index (χ3v) is 10.2. The molecule has 6 nitrogen and oxygen atoms in total. The Hall–Kier alpha value is -1.66. The predicted molar refractivity (Wildman–Crippen MR) is 118 cm³/mol. The molecule has 4 aliphatic rings. The van der Waals surface area contributed by atoms with E-state index < -0.39 is 22.7 Å². The van der Waals surface area contributed by atoms with E-state index in [0.29, 0.717) is 18.3 Å². The molecule has 1 aromatic rings. The highest BCUT2D eigenvalue weighted by Gasteiger charge is 2.70. The highest BCUT2D eigenvalue weighted by Crippen LogP contribution is 2.70. The summed E-state index contributed by atoms with van der Waals surface area (Å²) in [6.45, 7) is 5.94. The van der Waals surface area contributed by atoms with Gasteiger partial charge in [-0.25, -0.2) is 4.79 Å². The molecule has 0 aromatic carbocycles. The molecule has 5 rings (SSSR count). The van der Waals surface area contributed by atoms with E-state index in [1.54, 1.807) is 6.07 Å². The van der Waals surface area contributed by atoms with Crippen molar-refractivity contribution in [3.63, 3.8) is 0 Å². The van der Waals surface area contributed by atoms with Crippen molar-refractivity contribution < 1.29 is 24.2 Å². The molecule has 176 valence electrons. The molecule has 0 spiro atoms. The van der Waals surface area contributed by atoms with Gasteiger partial charge in [-0.15, -0.1) is 0 Å². The van der Waals surface area contributed by atoms with Gasteiger partial charge in [-0.05, 0) is 79.7 Å². The predicted octanol–water partition coefficient (Wildman–Crippen LogP) is 3.78. The third kappa shape index (κ3) is 3.05. The monoisotopic (exact) mass is 444 g/mol. The topological polar surface area (TPSA) is 97.0 Å². The summed E-state index contributed by atoms with van der Waals surface area (Å²) >= 11 is 0. The first-order chi connectivity index (χ1) is 15.1. The number of esters is 1. The zero-order valence-corrected chi connectivity index (χ0v) is 19.4. The summed E-state index contributed by atoms with van der Waals surface area (Å²) in [5.41, 5.74) is -0.903. The van der Waals surface area contributed by atoms with E-state index in [0.717, 1.165) is 50.5 Å². The summed E-state index contributed by atoms with van der Waals surface area (Å²) in [6.07, 6.45) is 7.78. The second kappa shape index (κ2) is 7.42. The molecule has 0 amide bonds. The Kier molecular flexibility index (Phi) is 5.14. The molecule has 9 atom stereocenters. The SMILES string of the molecule is CC(=O)O[C@H]1C[C@@]2(O)[C@@H]3CC[C@H]4C[C@@H](O)CC[C@@]4(C)[C@@H]3CC[C@@]2(C)[C@@H]1c1ccc(=O)oc1. The van der Waals surface area contributed by atoms with Crippen LogP contribution < -0.4 is 5.63 Å². The maximum atomic E-state index is 12.5. The zero-order chi connectivity index (χ0) is 22.9. The Bertz CT molecular complexity index is 935. The van der Waals surface area contributed by atoms with Crippen molar-refractivity contribution in [2.45, 2.75) is 95.9 Å². The van der Waals surface area contributed by atoms with Crippen molar-refractivity contribution >= 4 is 5.97 Å². The quantitative estimate of drug-likeness (QED) is 0.674. The fourth-order valence-corrected chi connectivity index (χ4v) is 8.67. The van der Waals surface area contributed by atoms with Crippen LogP contribution in [0.5, 0.6) is 0 Å². The fourth-order valence-electron chi connectivity index (χ4n) is 8.67. The van der Waals surface area contributed by atoms with Crippen molar-refractivity contribution in [3.05, 3.63) is 34.4 Å². The van der Waals surface area contributed by atoms with Gasteiger partial charge >= 0.3 is 11.6 Å². The molecule has 1 aromatic heterocycles. The largest absolute Gasteiger partial charge is 0.462 e. The van der Waals surface area contributed by atoms with Crippen molar-refractivity contribution in [2.75, 3.05) is 0 Å². The van der Waals surface area contributed by atoms with Crippen molar-refractivity contribution in [1.29, 1.82) is 0 Å². The summed E-state index contributed by atoms with van der Waals surface area (Å²) in [7, 11) is 0. The normalized spacial score (nSPS) is 47.8. The molecule has 4 aliphatic carbocycles. The lowest BCUT2D eigenvalue weighted by Gasteiger charge is -2.63. The van der Waals surface area contributed by atoms with E-state index in [1.807, 2.05) is 0 Å². The number of rotatable bonds is 2. The first-order valence-corrected chi connectivity index (χ1v) is 12.2. The molecular formula is C26H36O6. The van der Waals surface area contributed by atoms with Crippen LogP contribution in [-0.2, 0) is 9.53 Å². The molecule has 0 saturated heterocycles. The van der Waals surface area contributed by atoms with Gasteiger partial charge in [-0.2, -0.15) is 0 Å². The fraction of sp³-hybridized carbons (Fsp3) is 0.769. The number of fused-ring (bicyclic) bond motifs is 5. The Morgan fingerprint density at radius 3 is 2.59 bits per heavy atom. The summed E-state index contributed by atoms with van der Waals surface area (Å²) < 4.78 is 11.0. The Morgan fingerprint density at radius 1 is 1.12 bits per heavy atom. The van der Waals surface area contributed by atoms with E-state index in [4.69, 9.17) is 9.15 Å². The second-order valence-electron chi connectivity index (χ2n) is 11.5. The number of aliphatic hydroxyl groups is 2.